The van der Waals surface area contributed by atoms with Gasteiger partial charge in [0.1, 0.15) is 24.7 Å². The molecule has 0 atom stereocenters. The van der Waals surface area contributed by atoms with Crippen LogP contribution in [-0.2, 0) is 19.1 Å². The Kier molecular flexibility index (Phi) is 10.3. The molecule has 194 valence electrons. The summed E-state index contributed by atoms with van der Waals surface area (Å²) in [6, 6.07) is 23.9. The molecule has 0 heterocycles. The standard InChI is InChI=1S/C32H30O6/c1-23(2)31(33)37-21-5-19-35-29-15-11-27(12-16-29)25-7-9-26(10-8-25)28-13-17-30(18-14-28)36-20-6-22-38-32(34)24(3)4/h5-18,21-22H,1,3,19-20H2,2,4H3. The van der Waals surface area contributed by atoms with E-state index in [2.05, 4.69) is 37.4 Å². The van der Waals surface area contributed by atoms with Crippen molar-refractivity contribution in [2.45, 2.75) is 13.8 Å². The third-order valence-electron chi connectivity index (χ3n) is 5.19. The summed E-state index contributed by atoms with van der Waals surface area (Å²) in [7, 11) is 0. The largest absolute Gasteiger partial charge is 0.489 e. The number of hydrogen-bond donors (Lipinski definition) is 0. The molecule has 3 aromatic rings. The first kappa shape index (κ1) is 27.7. The summed E-state index contributed by atoms with van der Waals surface area (Å²) >= 11 is 0. The Morgan fingerprint density at radius 3 is 1.16 bits per heavy atom. The lowest BCUT2D eigenvalue weighted by atomic mass is 10.0. The normalized spacial score (nSPS) is 10.8. The second kappa shape index (κ2) is 14.0. The van der Waals surface area contributed by atoms with E-state index in [0.717, 1.165) is 22.3 Å². The zero-order valence-corrected chi connectivity index (χ0v) is 21.5. The van der Waals surface area contributed by atoms with Crippen molar-refractivity contribution in [2.24, 2.45) is 0 Å². The summed E-state index contributed by atoms with van der Waals surface area (Å²) in [5, 5.41) is 0. The number of ether oxygens (including phenoxy) is 4. The van der Waals surface area contributed by atoms with Gasteiger partial charge in [-0.1, -0.05) is 61.7 Å². The van der Waals surface area contributed by atoms with Crippen molar-refractivity contribution in [1.29, 1.82) is 0 Å². The molecule has 0 bridgehead atoms. The lowest BCUT2D eigenvalue weighted by Crippen LogP contribution is -2.00. The van der Waals surface area contributed by atoms with E-state index in [1.54, 1.807) is 26.0 Å². The highest BCUT2D eigenvalue weighted by Gasteiger charge is 2.03. The molecule has 0 aliphatic rings. The number of carbonyl (C=O) groups excluding carboxylic acids is 2. The van der Waals surface area contributed by atoms with Gasteiger partial charge in [0.25, 0.3) is 0 Å². The number of hydrogen-bond acceptors (Lipinski definition) is 6. The van der Waals surface area contributed by atoms with E-state index < -0.39 is 11.9 Å². The smallest absolute Gasteiger partial charge is 0.337 e. The fourth-order valence-electron chi connectivity index (χ4n) is 3.13. The quantitative estimate of drug-likeness (QED) is 0.148. The van der Waals surface area contributed by atoms with E-state index in [-0.39, 0.29) is 13.2 Å². The van der Waals surface area contributed by atoms with Crippen LogP contribution in [0.3, 0.4) is 0 Å². The van der Waals surface area contributed by atoms with Gasteiger partial charge in [-0.25, -0.2) is 9.59 Å². The molecule has 0 aliphatic carbocycles. The first-order valence-corrected chi connectivity index (χ1v) is 11.9. The first-order valence-electron chi connectivity index (χ1n) is 11.9. The summed E-state index contributed by atoms with van der Waals surface area (Å²) in [4.78, 5) is 22.6. The Morgan fingerprint density at radius 2 is 0.868 bits per heavy atom. The summed E-state index contributed by atoms with van der Waals surface area (Å²) in [6.07, 6.45) is 5.84. The Morgan fingerprint density at radius 1 is 0.579 bits per heavy atom. The predicted octanol–water partition coefficient (Wildman–Crippen LogP) is 7.04. The van der Waals surface area contributed by atoms with Gasteiger partial charge < -0.3 is 18.9 Å². The van der Waals surface area contributed by atoms with Crippen LogP contribution in [0.1, 0.15) is 13.8 Å². The number of carbonyl (C=O) groups is 2. The monoisotopic (exact) mass is 510 g/mol. The minimum Gasteiger partial charge on any atom is -0.489 e. The molecule has 0 N–H and O–H groups in total. The van der Waals surface area contributed by atoms with Gasteiger partial charge in [0.2, 0.25) is 0 Å². The predicted molar refractivity (Wildman–Crippen MR) is 148 cm³/mol. The van der Waals surface area contributed by atoms with Crippen molar-refractivity contribution in [3.8, 4) is 33.8 Å². The van der Waals surface area contributed by atoms with Gasteiger partial charge in [-0.2, -0.15) is 0 Å². The van der Waals surface area contributed by atoms with Gasteiger partial charge in [0, 0.05) is 11.1 Å². The van der Waals surface area contributed by atoms with Gasteiger partial charge in [-0.3, -0.25) is 0 Å². The van der Waals surface area contributed by atoms with E-state index in [1.807, 2.05) is 48.5 Å². The summed E-state index contributed by atoms with van der Waals surface area (Å²) in [5.74, 6) is 0.499. The zero-order valence-electron chi connectivity index (χ0n) is 21.5. The molecule has 0 fully saturated rings. The fraction of sp³-hybridized carbons (Fsp3) is 0.125. The summed E-state index contributed by atoms with van der Waals surface area (Å²) in [5.41, 5.74) is 5.00. The third-order valence-corrected chi connectivity index (χ3v) is 5.19. The van der Waals surface area contributed by atoms with Crippen molar-refractivity contribution in [1.82, 2.24) is 0 Å². The minimum absolute atomic E-state index is 0.281. The molecule has 0 amide bonds. The Bertz CT molecular complexity index is 1210. The third kappa shape index (κ3) is 8.68. The van der Waals surface area contributed by atoms with Crippen molar-refractivity contribution in [3.63, 3.8) is 0 Å². The molecule has 0 spiro atoms. The van der Waals surface area contributed by atoms with Gasteiger partial charge in [0.15, 0.2) is 0 Å². The number of rotatable bonds is 12. The molecule has 38 heavy (non-hydrogen) atoms. The first-order chi connectivity index (χ1) is 18.3. The summed E-state index contributed by atoms with van der Waals surface area (Å²) < 4.78 is 21.0. The molecule has 0 saturated heterocycles. The van der Waals surface area contributed by atoms with Crippen LogP contribution in [-0.4, -0.2) is 25.2 Å². The maximum atomic E-state index is 11.3. The molecule has 6 nitrogen and oxygen atoms in total. The maximum Gasteiger partial charge on any atom is 0.337 e. The van der Waals surface area contributed by atoms with Gasteiger partial charge >= 0.3 is 11.9 Å². The molecule has 0 saturated carbocycles. The van der Waals surface area contributed by atoms with E-state index >= 15 is 0 Å². The van der Waals surface area contributed by atoms with Crippen molar-refractivity contribution < 1.29 is 28.5 Å². The lowest BCUT2D eigenvalue weighted by molar-refractivity contribution is -0.134. The Hall–Kier alpha value is -4.84. The van der Waals surface area contributed by atoms with Gasteiger partial charge in [-0.05, 0) is 72.5 Å². The highest BCUT2D eigenvalue weighted by Crippen LogP contribution is 2.27. The van der Waals surface area contributed by atoms with Gasteiger partial charge in [0.05, 0.1) is 12.5 Å². The molecule has 0 aromatic heterocycles. The van der Waals surface area contributed by atoms with Crippen LogP contribution in [0.25, 0.3) is 22.3 Å². The van der Waals surface area contributed by atoms with Crippen LogP contribution >= 0.6 is 0 Å². The zero-order chi connectivity index (χ0) is 27.3. The van der Waals surface area contributed by atoms with Crippen molar-refractivity contribution >= 4 is 11.9 Å². The maximum absolute atomic E-state index is 11.3. The van der Waals surface area contributed by atoms with Crippen LogP contribution in [0.5, 0.6) is 11.5 Å². The Balaban J connectivity index is 1.49. The second-order valence-electron chi connectivity index (χ2n) is 8.36. The average molecular weight is 511 g/mol. The van der Waals surface area contributed by atoms with Crippen LogP contribution < -0.4 is 9.47 Å². The molecule has 3 rings (SSSR count). The average Bonchev–Trinajstić information content (AvgIpc) is 2.93. The van der Waals surface area contributed by atoms with Gasteiger partial charge in [-0.15, -0.1) is 0 Å². The second-order valence-corrected chi connectivity index (χ2v) is 8.36. The molecule has 0 unspecified atom stereocenters. The number of benzene rings is 3. The number of esters is 2. The summed E-state index contributed by atoms with van der Waals surface area (Å²) in [6.45, 7) is 10.8. The van der Waals surface area contributed by atoms with E-state index in [1.165, 1.54) is 12.5 Å². The van der Waals surface area contributed by atoms with Crippen LogP contribution in [0.15, 0.2) is 122 Å². The minimum atomic E-state index is -0.465. The van der Waals surface area contributed by atoms with Crippen LogP contribution in [0.4, 0.5) is 0 Å². The molecule has 0 radical (unpaired) electrons. The van der Waals surface area contributed by atoms with E-state index in [9.17, 15) is 9.59 Å². The highest BCUT2D eigenvalue weighted by atomic mass is 16.5. The molecular formula is C32H30O6. The highest BCUT2D eigenvalue weighted by molar-refractivity contribution is 5.87. The molecule has 3 aromatic carbocycles. The lowest BCUT2D eigenvalue weighted by Gasteiger charge is -2.08. The van der Waals surface area contributed by atoms with Crippen LogP contribution in [0, 0.1) is 0 Å². The molecular weight excluding hydrogens is 480 g/mol. The molecule has 6 heteroatoms. The molecule has 0 aliphatic heterocycles. The Labute approximate surface area is 223 Å². The van der Waals surface area contributed by atoms with E-state index in [0.29, 0.717) is 22.6 Å². The van der Waals surface area contributed by atoms with Crippen LogP contribution in [0.2, 0.25) is 0 Å². The van der Waals surface area contributed by atoms with E-state index in [4.69, 9.17) is 18.9 Å². The SMILES string of the molecule is C=C(C)C(=O)OC=CCOc1ccc(-c2ccc(-c3ccc(OCC=COC(=O)C(=C)C)cc3)cc2)cc1. The van der Waals surface area contributed by atoms with Crippen molar-refractivity contribution in [2.75, 3.05) is 13.2 Å². The fourth-order valence-corrected chi connectivity index (χ4v) is 3.13. The van der Waals surface area contributed by atoms with Crippen molar-refractivity contribution in [3.05, 3.63) is 122 Å². The topological polar surface area (TPSA) is 71.1 Å².